The van der Waals surface area contributed by atoms with Crippen molar-refractivity contribution in [3.05, 3.63) is 71.9 Å². The van der Waals surface area contributed by atoms with E-state index in [-0.39, 0.29) is 24.3 Å². The third-order valence-electron chi connectivity index (χ3n) is 6.07. The summed E-state index contributed by atoms with van der Waals surface area (Å²) in [6.45, 7) is 0.258. The van der Waals surface area contributed by atoms with Crippen LogP contribution < -0.4 is 10.1 Å². The number of nitrogens with one attached hydrogen (secondary N) is 1. The highest BCUT2D eigenvalue weighted by molar-refractivity contribution is 5.87. The molecule has 0 spiro atoms. The molecule has 1 N–H and O–H groups in total. The molecule has 0 radical (unpaired) electrons. The van der Waals surface area contributed by atoms with Gasteiger partial charge in [0.05, 0.1) is 24.2 Å². The first-order valence-corrected chi connectivity index (χ1v) is 11.1. The number of pyridine rings is 1. The van der Waals surface area contributed by atoms with Crippen LogP contribution in [0.3, 0.4) is 0 Å². The number of nitrogens with zero attached hydrogens (tertiary/aromatic N) is 1. The van der Waals surface area contributed by atoms with E-state index >= 15 is 0 Å². The average Bonchev–Trinajstić information content (AvgIpc) is 3.36. The molecule has 2 aromatic carbocycles. The molecule has 1 saturated carbocycles. The van der Waals surface area contributed by atoms with E-state index in [0.29, 0.717) is 6.61 Å². The Morgan fingerprint density at radius 2 is 1.78 bits per heavy atom. The van der Waals surface area contributed by atoms with Crippen molar-refractivity contribution < 1.29 is 19.1 Å². The number of aromatic nitrogens is 1. The van der Waals surface area contributed by atoms with Gasteiger partial charge in [-0.15, -0.1) is 0 Å². The van der Waals surface area contributed by atoms with Crippen LogP contribution in [0.1, 0.15) is 42.9 Å². The second-order valence-electron chi connectivity index (χ2n) is 8.17. The summed E-state index contributed by atoms with van der Waals surface area (Å²) in [6, 6.07) is 19.7. The number of rotatable bonds is 8. The number of hydrogen-bond acceptors (Lipinski definition) is 5. The van der Waals surface area contributed by atoms with Crippen LogP contribution in [-0.4, -0.2) is 30.5 Å². The third-order valence-corrected chi connectivity index (χ3v) is 6.07. The van der Waals surface area contributed by atoms with Gasteiger partial charge >= 0.3 is 5.97 Å². The van der Waals surface area contributed by atoms with Crippen molar-refractivity contribution in [2.24, 2.45) is 5.92 Å². The smallest absolute Gasteiger partial charge is 0.325 e. The van der Waals surface area contributed by atoms with Crippen LogP contribution in [0.2, 0.25) is 0 Å². The molecule has 32 heavy (non-hydrogen) atoms. The maximum atomic E-state index is 12.9. The van der Waals surface area contributed by atoms with Gasteiger partial charge in [-0.2, -0.15) is 0 Å². The van der Waals surface area contributed by atoms with Gasteiger partial charge in [0.15, 0.2) is 0 Å². The van der Waals surface area contributed by atoms with Crippen LogP contribution in [0, 0.1) is 5.92 Å². The van der Waals surface area contributed by atoms with Gasteiger partial charge in [0.25, 0.3) is 0 Å². The van der Waals surface area contributed by atoms with Crippen LogP contribution in [0.4, 0.5) is 0 Å². The third kappa shape index (κ3) is 5.25. The van der Waals surface area contributed by atoms with Crippen molar-refractivity contribution in [1.29, 1.82) is 0 Å². The van der Waals surface area contributed by atoms with Gasteiger partial charge in [0.2, 0.25) is 5.91 Å². The van der Waals surface area contributed by atoms with E-state index in [1.54, 1.807) is 0 Å². The quantitative estimate of drug-likeness (QED) is 0.535. The molecule has 1 unspecified atom stereocenters. The Bertz CT molecular complexity index is 1070. The van der Waals surface area contributed by atoms with E-state index in [1.165, 1.54) is 7.11 Å². The number of fused-ring (bicyclic) bond motifs is 1. The second-order valence-corrected chi connectivity index (χ2v) is 8.17. The number of hydrogen-bond donors (Lipinski definition) is 1. The summed E-state index contributed by atoms with van der Waals surface area (Å²) in [5.74, 6) is 0.148. The lowest BCUT2D eigenvalue weighted by Gasteiger charge is -2.23. The fourth-order valence-corrected chi connectivity index (χ4v) is 4.39. The highest BCUT2D eigenvalue weighted by Gasteiger charge is 2.32. The van der Waals surface area contributed by atoms with Crippen LogP contribution >= 0.6 is 0 Å². The molecule has 0 saturated heterocycles. The number of benzene rings is 2. The van der Waals surface area contributed by atoms with Crippen LogP contribution in [0.15, 0.2) is 60.7 Å². The zero-order chi connectivity index (χ0) is 22.3. The largest absolute Gasteiger partial charge is 0.487 e. The highest BCUT2D eigenvalue weighted by atomic mass is 16.5. The lowest BCUT2D eigenvalue weighted by Crippen LogP contribution is -2.36. The SMILES string of the molecule is COC(=O)CNC(=O)C(c1ccc(OCc2ccc3ccccc3n2)cc1)C1CCCC1. The molecule has 6 heteroatoms. The van der Waals surface area contributed by atoms with E-state index in [0.717, 1.165) is 53.6 Å². The van der Waals surface area contributed by atoms with Gasteiger partial charge in [0, 0.05) is 5.39 Å². The zero-order valence-electron chi connectivity index (χ0n) is 18.3. The first-order chi connectivity index (χ1) is 15.6. The topological polar surface area (TPSA) is 77.5 Å². The maximum absolute atomic E-state index is 12.9. The molecule has 4 rings (SSSR count). The Hall–Kier alpha value is -3.41. The molecular weight excluding hydrogens is 404 g/mol. The van der Waals surface area contributed by atoms with E-state index in [1.807, 2.05) is 60.7 Å². The van der Waals surface area contributed by atoms with E-state index in [2.05, 4.69) is 15.0 Å². The van der Waals surface area contributed by atoms with E-state index in [9.17, 15) is 9.59 Å². The molecule has 0 bridgehead atoms. The molecule has 0 aliphatic heterocycles. The number of esters is 1. The molecule has 6 nitrogen and oxygen atoms in total. The number of methoxy groups -OCH3 is 1. The molecule has 1 atom stereocenters. The minimum atomic E-state index is -0.449. The van der Waals surface area contributed by atoms with Gasteiger partial charge in [0.1, 0.15) is 18.9 Å². The summed E-state index contributed by atoms with van der Waals surface area (Å²) in [5.41, 5.74) is 2.75. The summed E-state index contributed by atoms with van der Waals surface area (Å²) in [4.78, 5) is 29.0. The number of para-hydroxylation sites is 1. The Morgan fingerprint density at radius 1 is 1.03 bits per heavy atom. The molecule has 1 aromatic heterocycles. The predicted octanol–water partition coefficient (Wildman–Crippen LogP) is 4.38. The maximum Gasteiger partial charge on any atom is 0.325 e. The summed E-state index contributed by atoms with van der Waals surface area (Å²) in [6.07, 6.45) is 4.29. The molecule has 1 aliphatic rings. The first kappa shape index (κ1) is 21.8. The van der Waals surface area contributed by atoms with Crippen molar-refractivity contribution in [2.45, 2.75) is 38.2 Å². The van der Waals surface area contributed by atoms with Gasteiger partial charge in [-0.1, -0.05) is 49.2 Å². The van der Waals surface area contributed by atoms with Gasteiger partial charge < -0.3 is 14.8 Å². The van der Waals surface area contributed by atoms with Crippen LogP contribution in [0.5, 0.6) is 5.75 Å². The summed E-state index contributed by atoms with van der Waals surface area (Å²) in [5, 5.41) is 3.83. The standard InChI is InChI=1S/C26H28N2O4/c1-31-24(29)16-27-26(30)25(19-7-2-3-8-19)20-11-14-22(15-12-20)32-17-21-13-10-18-6-4-5-9-23(18)28-21/h4-6,9-15,19,25H,2-3,7-8,16-17H2,1H3,(H,27,30). The average molecular weight is 433 g/mol. The van der Waals surface area contributed by atoms with Crippen molar-refractivity contribution >= 4 is 22.8 Å². The number of carbonyl (C=O) groups excluding carboxylic acids is 2. The number of ether oxygens (including phenoxy) is 2. The molecule has 166 valence electrons. The molecule has 1 amide bonds. The van der Waals surface area contributed by atoms with Crippen molar-refractivity contribution in [1.82, 2.24) is 10.3 Å². The zero-order valence-corrected chi connectivity index (χ0v) is 18.3. The van der Waals surface area contributed by atoms with E-state index in [4.69, 9.17) is 4.74 Å². The molecule has 1 aliphatic carbocycles. The van der Waals surface area contributed by atoms with Crippen molar-refractivity contribution in [3.8, 4) is 5.75 Å². The monoisotopic (exact) mass is 432 g/mol. The Kier molecular flexibility index (Phi) is 7.00. The number of amides is 1. The number of carbonyl (C=O) groups is 2. The summed E-state index contributed by atoms with van der Waals surface area (Å²) in [7, 11) is 1.31. The molecule has 1 fully saturated rings. The first-order valence-electron chi connectivity index (χ1n) is 11.1. The molecular formula is C26H28N2O4. The molecule has 3 aromatic rings. The van der Waals surface area contributed by atoms with Crippen molar-refractivity contribution in [2.75, 3.05) is 13.7 Å². The highest BCUT2D eigenvalue weighted by Crippen LogP contribution is 2.38. The second kappa shape index (κ2) is 10.3. The van der Waals surface area contributed by atoms with Gasteiger partial charge in [-0.3, -0.25) is 9.59 Å². The Morgan fingerprint density at radius 3 is 2.53 bits per heavy atom. The van der Waals surface area contributed by atoms with Crippen LogP contribution in [0.25, 0.3) is 10.9 Å². The van der Waals surface area contributed by atoms with Crippen LogP contribution in [-0.2, 0) is 20.9 Å². The summed E-state index contributed by atoms with van der Waals surface area (Å²) >= 11 is 0. The van der Waals surface area contributed by atoms with Crippen molar-refractivity contribution in [3.63, 3.8) is 0 Å². The lowest BCUT2D eigenvalue weighted by atomic mass is 9.84. The normalized spacial score (nSPS) is 14.8. The predicted molar refractivity (Wildman–Crippen MR) is 122 cm³/mol. The minimum Gasteiger partial charge on any atom is -0.487 e. The minimum absolute atomic E-state index is 0.113. The Labute approximate surface area is 187 Å². The fraction of sp³-hybridized carbons (Fsp3) is 0.346. The fourth-order valence-electron chi connectivity index (χ4n) is 4.39. The lowest BCUT2D eigenvalue weighted by molar-refractivity contribution is -0.141. The van der Waals surface area contributed by atoms with Gasteiger partial charge in [-0.25, -0.2) is 4.98 Å². The van der Waals surface area contributed by atoms with Gasteiger partial charge in [-0.05, 0) is 48.6 Å². The van der Waals surface area contributed by atoms with E-state index < -0.39 is 5.97 Å². The summed E-state index contributed by atoms with van der Waals surface area (Å²) < 4.78 is 10.6. The molecule has 1 heterocycles. The Balaban J connectivity index is 1.43.